The molecule has 2 heterocycles. The highest BCUT2D eigenvalue weighted by molar-refractivity contribution is 6.51. The lowest BCUT2D eigenvalue weighted by Gasteiger charge is -2.33. The van der Waals surface area contributed by atoms with Gasteiger partial charge in [-0.1, -0.05) is 25.0 Å². The summed E-state index contributed by atoms with van der Waals surface area (Å²) in [6.45, 7) is 12.0. The van der Waals surface area contributed by atoms with Crippen molar-refractivity contribution in [1.29, 1.82) is 0 Å². The van der Waals surface area contributed by atoms with Crippen LogP contribution in [-0.4, -0.2) is 83.5 Å². The van der Waals surface area contributed by atoms with Crippen molar-refractivity contribution in [1.82, 2.24) is 14.4 Å². The maximum absolute atomic E-state index is 13.7. The van der Waals surface area contributed by atoms with Gasteiger partial charge in [-0.3, -0.25) is 14.5 Å². The fraction of sp³-hybridized carbons (Fsp3) is 0.657. The molecule has 2 unspecified atom stereocenters. The van der Waals surface area contributed by atoms with E-state index in [1.165, 1.54) is 0 Å². The van der Waals surface area contributed by atoms with Crippen molar-refractivity contribution in [2.75, 3.05) is 26.7 Å². The molecule has 2 saturated carbocycles. The predicted molar refractivity (Wildman–Crippen MR) is 178 cm³/mol. The maximum atomic E-state index is 13.7. The molecule has 12 heteroatoms. The van der Waals surface area contributed by atoms with Crippen LogP contribution in [0.3, 0.4) is 0 Å². The van der Waals surface area contributed by atoms with Crippen LogP contribution in [0.25, 0.3) is 10.9 Å². The van der Waals surface area contributed by atoms with E-state index in [-0.39, 0.29) is 31.4 Å². The Morgan fingerprint density at radius 2 is 1.57 bits per heavy atom. The van der Waals surface area contributed by atoms with E-state index in [2.05, 4.69) is 6.07 Å². The van der Waals surface area contributed by atoms with Crippen LogP contribution in [0.5, 0.6) is 0 Å². The van der Waals surface area contributed by atoms with E-state index < -0.39 is 42.4 Å². The highest BCUT2D eigenvalue weighted by Gasteiger charge is 2.43. The number of hydrogen-bond donors (Lipinski definition) is 0. The Balaban J connectivity index is 1.38. The van der Waals surface area contributed by atoms with E-state index in [1.54, 1.807) is 21.4 Å². The summed E-state index contributed by atoms with van der Waals surface area (Å²) in [6.07, 6.45) is 5.61. The third kappa shape index (κ3) is 9.30. The van der Waals surface area contributed by atoms with Crippen LogP contribution < -0.4 is 0 Å². The van der Waals surface area contributed by atoms with E-state index in [9.17, 15) is 19.2 Å². The third-order valence-electron chi connectivity index (χ3n) is 9.01. The van der Waals surface area contributed by atoms with Crippen LogP contribution >= 0.6 is 0 Å². The number of carbonyl (C=O) groups is 4. The molecule has 1 aromatic carbocycles. The van der Waals surface area contributed by atoms with Gasteiger partial charge in [0, 0.05) is 23.4 Å². The average molecular weight is 652 g/mol. The Morgan fingerprint density at radius 1 is 0.915 bits per heavy atom. The molecule has 2 atom stereocenters. The van der Waals surface area contributed by atoms with E-state index in [4.69, 9.17) is 18.8 Å². The van der Waals surface area contributed by atoms with Crippen molar-refractivity contribution >= 4 is 42.1 Å². The number of fused-ring (bicyclic) bond motifs is 1. The molecule has 1 amide bonds. The summed E-state index contributed by atoms with van der Waals surface area (Å²) < 4.78 is 24.3. The quantitative estimate of drug-likeness (QED) is 0.323. The van der Waals surface area contributed by atoms with Gasteiger partial charge >= 0.3 is 31.2 Å². The smallest absolute Gasteiger partial charge is 0.498 e. The second-order valence-electron chi connectivity index (χ2n) is 15.7. The van der Waals surface area contributed by atoms with E-state index in [0.717, 1.165) is 61.4 Å². The SMILES string of the molecule is CN1CC(=O)OB(C2CCC(Cc3ccc4cc(CN(CC5CCC5)C(=O)OC(C)(C)C)n(C(=O)OC(C)(C)C)c4c3)C2)OC(=O)C1. The summed E-state index contributed by atoms with van der Waals surface area (Å²) in [5.74, 6) is -0.144. The topological polar surface area (TPSA) is 117 Å². The number of aromatic nitrogens is 1. The summed E-state index contributed by atoms with van der Waals surface area (Å²) in [7, 11) is 0.816. The highest BCUT2D eigenvalue weighted by atomic mass is 16.6. The van der Waals surface area contributed by atoms with Crippen molar-refractivity contribution in [3.63, 3.8) is 0 Å². The number of likely N-dealkylation sites (N-methyl/N-ethyl adjacent to an activating group) is 1. The lowest BCUT2D eigenvalue weighted by atomic mass is 9.69. The molecule has 47 heavy (non-hydrogen) atoms. The molecular formula is C35H50BN3O8. The first-order valence-corrected chi connectivity index (χ1v) is 16.9. The zero-order valence-electron chi connectivity index (χ0n) is 29.0. The van der Waals surface area contributed by atoms with Gasteiger partial charge in [0.1, 0.15) is 11.2 Å². The van der Waals surface area contributed by atoms with Gasteiger partial charge in [0.05, 0.1) is 25.2 Å². The van der Waals surface area contributed by atoms with Gasteiger partial charge < -0.3 is 23.7 Å². The van der Waals surface area contributed by atoms with Gasteiger partial charge in [0.25, 0.3) is 0 Å². The Bertz CT molecular complexity index is 1470. The number of hydrogen-bond acceptors (Lipinski definition) is 9. The average Bonchev–Trinajstić information content (AvgIpc) is 3.50. The van der Waals surface area contributed by atoms with Crippen molar-refractivity contribution in [3.05, 3.63) is 35.5 Å². The summed E-state index contributed by atoms with van der Waals surface area (Å²) in [5.41, 5.74) is 1.09. The van der Waals surface area contributed by atoms with Crippen molar-refractivity contribution < 1.29 is 38.0 Å². The van der Waals surface area contributed by atoms with Crippen molar-refractivity contribution in [2.24, 2.45) is 11.8 Å². The largest absolute Gasteiger partial charge is 0.601 e. The number of ether oxygens (including phenoxy) is 2. The molecule has 0 radical (unpaired) electrons. The first-order chi connectivity index (χ1) is 22.0. The molecule has 3 aliphatic rings. The number of nitrogens with zero attached hydrogens (tertiary/aromatic N) is 3. The molecule has 1 saturated heterocycles. The zero-order valence-corrected chi connectivity index (χ0v) is 29.0. The Hall–Kier alpha value is -3.54. The summed E-state index contributed by atoms with van der Waals surface area (Å²) in [4.78, 5) is 55.0. The minimum atomic E-state index is -0.865. The van der Waals surface area contributed by atoms with Gasteiger partial charge in [0.2, 0.25) is 0 Å². The minimum absolute atomic E-state index is 0.0527. The molecule has 1 aliphatic heterocycles. The normalized spacial score (nSPS) is 21.5. The van der Waals surface area contributed by atoms with Crippen molar-refractivity contribution in [3.8, 4) is 0 Å². The number of carbonyl (C=O) groups excluding carboxylic acids is 4. The first kappa shape index (κ1) is 34.8. The monoisotopic (exact) mass is 651 g/mol. The fourth-order valence-corrected chi connectivity index (χ4v) is 6.71. The van der Waals surface area contributed by atoms with E-state index >= 15 is 0 Å². The summed E-state index contributed by atoms with van der Waals surface area (Å²) in [6, 6.07) is 8.08. The number of benzene rings is 1. The number of amides is 1. The standard InChI is InChI=1S/C35H50BN3O8/c1-34(2,3)44-32(42)38(19-23-9-8-10-23)20-28-18-26-13-11-25(17-29(26)39(28)33(43)45-35(4,5)6)15-24-12-14-27(16-24)36-46-30(40)21-37(7)22-31(41)47-36/h11,13,17-18,23-24,27H,8-10,12,14-16,19-22H2,1-7H3. The molecular weight excluding hydrogens is 601 g/mol. The van der Waals surface area contributed by atoms with Crippen LogP contribution in [0.15, 0.2) is 24.3 Å². The highest BCUT2D eigenvalue weighted by Crippen LogP contribution is 2.40. The fourth-order valence-electron chi connectivity index (χ4n) is 6.71. The molecule has 1 aromatic heterocycles. The Morgan fingerprint density at radius 3 is 2.17 bits per heavy atom. The Labute approximate surface area is 278 Å². The lowest BCUT2D eigenvalue weighted by Crippen LogP contribution is -2.44. The van der Waals surface area contributed by atoms with Crippen LogP contribution in [0.2, 0.25) is 5.82 Å². The third-order valence-corrected chi connectivity index (χ3v) is 9.01. The van der Waals surface area contributed by atoms with Crippen LogP contribution in [-0.2, 0) is 41.3 Å². The molecule has 0 spiro atoms. The second-order valence-corrected chi connectivity index (χ2v) is 15.7. The van der Waals surface area contributed by atoms with Crippen molar-refractivity contribution in [2.45, 2.75) is 110 Å². The maximum Gasteiger partial charge on any atom is 0.601 e. The van der Waals surface area contributed by atoms with Gasteiger partial charge in [-0.15, -0.1) is 0 Å². The molecule has 256 valence electrons. The Kier molecular flexibility index (Phi) is 10.3. The molecule has 2 aliphatic carbocycles. The second kappa shape index (κ2) is 13.9. The van der Waals surface area contributed by atoms with E-state index in [0.29, 0.717) is 18.2 Å². The first-order valence-electron chi connectivity index (χ1n) is 16.9. The minimum Gasteiger partial charge on any atom is -0.498 e. The van der Waals surface area contributed by atoms with Crippen LogP contribution in [0, 0.1) is 11.8 Å². The zero-order chi connectivity index (χ0) is 34.1. The molecule has 2 aromatic rings. The molecule has 5 rings (SSSR count). The van der Waals surface area contributed by atoms with E-state index in [1.807, 2.05) is 59.7 Å². The van der Waals surface area contributed by atoms with Gasteiger partial charge in [-0.2, -0.15) is 0 Å². The number of rotatable bonds is 7. The molecule has 11 nitrogen and oxygen atoms in total. The summed E-state index contributed by atoms with van der Waals surface area (Å²) >= 11 is 0. The molecule has 3 fully saturated rings. The summed E-state index contributed by atoms with van der Waals surface area (Å²) in [5, 5.41) is 0.880. The van der Waals surface area contributed by atoms with Crippen LogP contribution in [0.4, 0.5) is 9.59 Å². The predicted octanol–water partition coefficient (Wildman–Crippen LogP) is 6.19. The lowest BCUT2D eigenvalue weighted by molar-refractivity contribution is -0.146. The molecule has 0 N–H and O–H groups in total. The van der Waals surface area contributed by atoms with Gasteiger partial charge in [-0.05, 0) is 110 Å². The molecule has 0 bridgehead atoms. The van der Waals surface area contributed by atoms with Gasteiger partial charge in [0.15, 0.2) is 0 Å². The van der Waals surface area contributed by atoms with Crippen LogP contribution in [0.1, 0.15) is 91.3 Å². The van der Waals surface area contributed by atoms with Gasteiger partial charge in [-0.25, -0.2) is 14.2 Å².